The van der Waals surface area contributed by atoms with Crippen molar-refractivity contribution >= 4 is 23.0 Å². The molecule has 108 valence electrons. The summed E-state index contributed by atoms with van der Waals surface area (Å²) >= 11 is 0. The number of hydrogen-bond donors (Lipinski definition) is 1. The van der Waals surface area contributed by atoms with Crippen molar-refractivity contribution in [2.75, 3.05) is 35.7 Å². The molecule has 1 aliphatic heterocycles. The van der Waals surface area contributed by atoms with Crippen molar-refractivity contribution in [3.63, 3.8) is 0 Å². The van der Waals surface area contributed by atoms with Gasteiger partial charge in [0, 0.05) is 25.8 Å². The summed E-state index contributed by atoms with van der Waals surface area (Å²) in [7, 11) is 1.98. The van der Waals surface area contributed by atoms with E-state index < -0.39 is 5.82 Å². The highest BCUT2D eigenvalue weighted by molar-refractivity contribution is 6.08. The van der Waals surface area contributed by atoms with Crippen molar-refractivity contribution in [3.8, 4) is 0 Å². The van der Waals surface area contributed by atoms with E-state index in [4.69, 9.17) is 5.73 Å². The number of anilines is 3. The van der Waals surface area contributed by atoms with Crippen LogP contribution in [0, 0.1) is 5.82 Å². The second-order valence-corrected chi connectivity index (χ2v) is 5.11. The molecule has 0 atom stereocenters. The number of nitrogens with zero attached hydrogens (tertiary/aromatic N) is 2. The number of rotatable bonds is 1. The Bertz CT molecular complexity index is 702. The number of fused-ring (bicyclic) bond motifs is 1. The van der Waals surface area contributed by atoms with E-state index in [1.165, 1.54) is 18.2 Å². The average Bonchev–Trinajstić information content (AvgIpc) is 2.47. The van der Waals surface area contributed by atoms with Gasteiger partial charge in [0.1, 0.15) is 5.82 Å². The maximum atomic E-state index is 14.0. The van der Waals surface area contributed by atoms with Crippen LogP contribution in [0.3, 0.4) is 0 Å². The van der Waals surface area contributed by atoms with Gasteiger partial charge in [-0.2, -0.15) is 0 Å². The van der Waals surface area contributed by atoms with Gasteiger partial charge in [-0.25, -0.2) is 4.39 Å². The topological polar surface area (TPSA) is 49.6 Å². The van der Waals surface area contributed by atoms with E-state index in [9.17, 15) is 9.18 Å². The van der Waals surface area contributed by atoms with Gasteiger partial charge in [0.05, 0.1) is 16.9 Å². The molecule has 0 spiro atoms. The molecule has 0 bridgehead atoms. The second kappa shape index (κ2) is 5.09. The first-order valence-corrected chi connectivity index (χ1v) is 6.75. The zero-order chi connectivity index (χ0) is 15.0. The molecule has 1 amide bonds. The van der Waals surface area contributed by atoms with E-state index in [0.29, 0.717) is 18.8 Å². The number of likely N-dealkylation sites (N-methyl/N-ethyl adjacent to an activating group) is 1. The molecule has 0 unspecified atom stereocenters. The lowest BCUT2D eigenvalue weighted by atomic mass is 10.1. The minimum Gasteiger partial charge on any atom is -0.399 e. The van der Waals surface area contributed by atoms with E-state index in [1.807, 2.05) is 31.3 Å². The van der Waals surface area contributed by atoms with Crippen molar-refractivity contribution in [2.45, 2.75) is 0 Å². The smallest absolute Gasteiger partial charge is 0.261 e. The molecule has 5 heteroatoms. The number of nitrogen functional groups attached to an aromatic ring is 1. The molecule has 3 rings (SSSR count). The van der Waals surface area contributed by atoms with Crippen molar-refractivity contribution < 1.29 is 9.18 Å². The standard InChI is InChI=1S/C16H16FN3O/c1-19-8-9-20(15-5-3-2-4-14(15)19)16(21)12-7-6-11(18)10-13(12)17/h2-7,10H,8-9,18H2,1H3. The predicted octanol–water partition coefficient (Wildman–Crippen LogP) is 2.50. The lowest BCUT2D eigenvalue weighted by Crippen LogP contribution is -2.42. The summed E-state index contributed by atoms with van der Waals surface area (Å²) in [4.78, 5) is 16.3. The third-order valence-corrected chi connectivity index (χ3v) is 3.71. The Morgan fingerprint density at radius 3 is 2.57 bits per heavy atom. The molecular weight excluding hydrogens is 269 g/mol. The number of halogens is 1. The number of carbonyl (C=O) groups excluding carboxylic acids is 1. The second-order valence-electron chi connectivity index (χ2n) is 5.11. The van der Waals surface area contributed by atoms with Crippen LogP contribution in [0.5, 0.6) is 0 Å². The molecule has 0 radical (unpaired) electrons. The van der Waals surface area contributed by atoms with Crippen molar-refractivity contribution in [1.29, 1.82) is 0 Å². The minimum atomic E-state index is -0.587. The molecule has 1 heterocycles. The summed E-state index contributed by atoms with van der Waals surface area (Å²) in [6, 6.07) is 11.8. The van der Waals surface area contributed by atoms with E-state index in [0.717, 1.165) is 11.4 Å². The Balaban J connectivity index is 2.01. The molecule has 0 aromatic heterocycles. The monoisotopic (exact) mass is 285 g/mol. The highest BCUT2D eigenvalue weighted by atomic mass is 19.1. The van der Waals surface area contributed by atoms with Crippen LogP contribution in [0.1, 0.15) is 10.4 Å². The predicted molar refractivity (Wildman–Crippen MR) is 82.2 cm³/mol. The van der Waals surface area contributed by atoms with Crippen LogP contribution in [-0.2, 0) is 0 Å². The van der Waals surface area contributed by atoms with Gasteiger partial charge in [-0.1, -0.05) is 12.1 Å². The van der Waals surface area contributed by atoms with Crippen LogP contribution in [-0.4, -0.2) is 26.0 Å². The van der Waals surface area contributed by atoms with Gasteiger partial charge in [0.25, 0.3) is 5.91 Å². The molecule has 0 aliphatic carbocycles. The fourth-order valence-corrected chi connectivity index (χ4v) is 2.57. The van der Waals surface area contributed by atoms with E-state index in [1.54, 1.807) is 4.90 Å². The molecule has 2 N–H and O–H groups in total. The SMILES string of the molecule is CN1CCN(C(=O)c2ccc(N)cc2F)c2ccccc21. The average molecular weight is 285 g/mol. The lowest BCUT2D eigenvalue weighted by Gasteiger charge is -2.35. The summed E-state index contributed by atoms with van der Waals surface area (Å²) < 4.78 is 14.0. The van der Waals surface area contributed by atoms with E-state index >= 15 is 0 Å². The molecule has 1 aliphatic rings. The zero-order valence-corrected chi connectivity index (χ0v) is 11.7. The van der Waals surface area contributed by atoms with Crippen LogP contribution in [0.2, 0.25) is 0 Å². The van der Waals surface area contributed by atoms with Crippen molar-refractivity contribution in [1.82, 2.24) is 0 Å². The number of para-hydroxylation sites is 2. The number of nitrogens with two attached hydrogens (primary N) is 1. The van der Waals surface area contributed by atoms with Crippen LogP contribution in [0.25, 0.3) is 0 Å². The third kappa shape index (κ3) is 2.31. The van der Waals surface area contributed by atoms with Gasteiger partial charge in [-0.3, -0.25) is 4.79 Å². The zero-order valence-electron chi connectivity index (χ0n) is 11.7. The Morgan fingerprint density at radius 1 is 1.14 bits per heavy atom. The Morgan fingerprint density at radius 2 is 1.86 bits per heavy atom. The molecular formula is C16H16FN3O. The van der Waals surface area contributed by atoms with Crippen LogP contribution in [0.4, 0.5) is 21.5 Å². The highest BCUT2D eigenvalue weighted by Crippen LogP contribution is 2.33. The fraction of sp³-hybridized carbons (Fsp3) is 0.188. The summed E-state index contributed by atoms with van der Waals surface area (Å²) in [5, 5.41) is 0. The van der Waals surface area contributed by atoms with Gasteiger partial charge in [0.2, 0.25) is 0 Å². The van der Waals surface area contributed by atoms with E-state index in [2.05, 4.69) is 4.90 Å². The van der Waals surface area contributed by atoms with E-state index in [-0.39, 0.29) is 11.5 Å². The normalized spacial score (nSPS) is 14.0. The Kier molecular flexibility index (Phi) is 3.25. The molecule has 0 saturated heterocycles. The number of hydrogen-bond acceptors (Lipinski definition) is 3. The first-order chi connectivity index (χ1) is 10.1. The maximum Gasteiger partial charge on any atom is 0.261 e. The Hall–Kier alpha value is -2.56. The number of benzene rings is 2. The molecule has 4 nitrogen and oxygen atoms in total. The summed E-state index contributed by atoms with van der Waals surface area (Å²) in [6.07, 6.45) is 0. The third-order valence-electron chi connectivity index (χ3n) is 3.71. The van der Waals surface area contributed by atoms with Crippen molar-refractivity contribution in [3.05, 3.63) is 53.8 Å². The van der Waals surface area contributed by atoms with Crippen molar-refractivity contribution in [2.24, 2.45) is 0 Å². The molecule has 0 fully saturated rings. The fourth-order valence-electron chi connectivity index (χ4n) is 2.57. The van der Waals surface area contributed by atoms with Crippen LogP contribution < -0.4 is 15.5 Å². The van der Waals surface area contributed by atoms with Gasteiger partial charge in [-0.05, 0) is 30.3 Å². The Labute approximate surface area is 122 Å². The largest absolute Gasteiger partial charge is 0.399 e. The first kappa shape index (κ1) is 13.4. The summed E-state index contributed by atoms with van der Waals surface area (Å²) in [5.41, 5.74) is 7.65. The van der Waals surface area contributed by atoms with Crippen LogP contribution >= 0.6 is 0 Å². The quantitative estimate of drug-likeness (QED) is 0.819. The van der Waals surface area contributed by atoms with Gasteiger partial charge >= 0.3 is 0 Å². The lowest BCUT2D eigenvalue weighted by molar-refractivity contribution is 0.0983. The maximum absolute atomic E-state index is 14.0. The number of carbonyl (C=O) groups is 1. The molecule has 21 heavy (non-hydrogen) atoms. The first-order valence-electron chi connectivity index (χ1n) is 6.75. The van der Waals surface area contributed by atoms with Gasteiger partial charge < -0.3 is 15.5 Å². The van der Waals surface area contributed by atoms with Gasteiger partial charge in [-0.15, -0.1) is 0 Å². The molecule has 0 saturated carbocycles. The van der Waals surface area contributed by atoms with Gasteiger partial charge in [0.15, 0.2) is 0 Å². The molecule has 2 aromatic rings. The minimum absolute atomic E-state index is 0.0450. The summed E-state index contributed by atoms with van der Waals surface area (Å²) in [5.74, 6) is -0.926. The molecule has 2 aromatic carbocycles. The summed E-state index contributed by atoms with van der Waals surface area (Å²) in [6.45, 7) is 1.23. The van der Waals surface area contributed by atoms with Crippen LogP contribution in [0.15, 0.2) is 42.5 Å². The highest BCUT2D eigenvalue weighted by Gasteiger charge is 2.27. The number of amides is 1.